The summed E-state index contributed by atoms with van der Waals surface area (Å²) in [6.45, 7) is 1.82. The number of carbonyl (C=O) groups is 2. The van der Waals surface area contributed by atoms with Crippen LogP contribution in [0.4, 0.5) is 5.69 Å². The Morgan fingerprint density at radius 1 is 0.892 bits per heavy atom. The molecule has 1 N–H and O–H groups in total. The third-order valence-corrected chi connectivity index (χ3v) is 7.01. The van der Waals surface area contributed by atoms with Crippen molar-refractivity contribution in [2.75, 3.05) is 19.5 Å². The van der Waals surface area contributed by atoms with Gasteiger partial charge < -0.3 is 14.8 Å². The van der Waals surface area contributed by atoms with Crippen molar-refractivity contribution in [2.24, 2.45) is 0 Å². The van der Waals surface area contributed by atoms with E-state index in [0.29, 0.717) is 22.1 Å². The molecule has 8 nitrogen and oxygen atoms in total. The smallest absolute Gasteiger partial charge is 0.228 e. The summed E-state index contributed by atoms with van der Waals surface area (Å²) < 4.78 is 10.6. The molecule has 0 bridgehead atoms. The van der Waals surface area contributed by atoms with Gasteiger partial charge in [-0.2, -0.15) is 0 Å². The van der Waals surface area contributed by atoms with Crippen LogP contribution in [0.2, 0.25) is 0 Å². The molecule has 0 radical (unpaired) electrons. The van der Waals surface area contributed by atoms with Crippen molar-refractivity contribution < 1.29 is 19.1 Å². The van der Waals surface area contributed by atoms with Crippen molar-refractivity contribution in [1.29, 1.82) is 0 Å². The van der Waals surface area contributed by atoms with Crippen LogP contribution >= 0.6 is 11.8 Å². The fourth-order valence-electron chi connectivity index (χ4n) is 4.08. The van der Waals surface area contributed by atoms with Gasteiger partial charge in [0.25, 0.3) is 0 Å². The molecule has 5 rings (SSSR count). The molecule has 9 heteroatoms. The number of hydrogen-bond acceptors (Lipinski definition) is 8. The van der Waals surface area contributed by atoms with Crippen LogP contribution in [0.25, 0.3) is 22.5 Å². The molecule has 0 fully saturated rings. The van der Waals surface area contributed by atoms with E-state index >= 15 is 0 Å². The maximum absolute atomic E-state index is 13.2. The van der Waals surface area contributed by atoms with Crippen LogP contribution in [-0.2, 0) is 11.2 Å². The second-order valence-corrected chi connectivity index (χ2v) is 9.78. The highest BCUT2D eigenvalue weighted by atomic mass is 32.2. The Morgan fingerprint density at radius 2 is 1.51 bits per heavy atom. The number of methoxy groups -OCH3 is 2. The van der Waals surface area contributed by atoms with E-state index in [9.17, 15) is 9.59 Å². The number of benzene rings is 3. The molecule has 0 saturated carbocycles. The molecule has 0 unspecified atom stereocenters. The third-order valence-electron chi connectivity index (χ3n) is 6.06. The molecule has 2 heterocycles. The standard InChI is InChI=1S/C28H24N4O4S/c1-16(27(34)19-8-13-23-20(14-19)15-24(33)29-23)37-28-30-25(17-4-9-21(35-2)10-5-17)26(31-32-28)18-6-11-22(36-3)12-7-18/h4-14,16H,15H2,1-3H3,(H,29,33)/t16-/m1/s1. The summed E-state index contributed by atoms with van der Waals surface area (Å²) in [6.07, 6.45) is 0.281. The van der Waals surface area contributed by atoms with E-state index in [2.05, 4.69) is 15.5 Å². The van der Waals surface area contributed by atoms with Crippen LogP contribution in [0, 0.1) is 0 Å². The monoisotopic (exact) mass is 512 g/mol. The average Bonchev–Trinajstić information content (AvgIpc) is 3.32. The Kier molecular flexibility index (Phi) is 6.87. The minimum atomic E-state index is -0.458. The minimum absolute atomic E-state index is 0.0653. The predicted molar refractivity (Wildman–Crippen MR) is 142 cm³/mol. The zero-order valence-electron chi connectivity index (χ0n) is 20.5. The van der Waals surface area contributed by atoms with Gasteiger partial charge in [-0.15, -0.1) is 10.2 Å². The molecule has 1 aliphatic heterocycles. The highest BCUT2D eigenvalue weighted by molar-refractivity contribution is 8.00. The summed E-state index contributed by atoms with van der Waals surface area (Å²) in [5.74, 6) is 1.34. The molecule has 37 heavy (non-hydrogen) atoms. The zero-order valence-corrected chi connectivity index (χ0v) is 21.3. The van der Waals surface area contributed by atoms with Gasteiger partial charge in [0, 0.05) is 22.4 Å². The number of hydrogen-bond donors (Lipinski definition) is 1. The number of ether oxygens (including phenoxy) is 2. The van der Waals surface area contributed by atoms with E-state index in [1.165, 1.54) is 11.8 Å². The molecule has 4 aromatic rings. The number of carbonyl (C=O) groups excluding carboxylic acids is 2. The number of amides is 1. The molecule has 0 aliphatic carbocycles. The second-order valence-electron chi connectivity index (χ2n) is 8.47. The Bertz CT molecular complexity index is 1470. The van der Waals surface area contributed by atoms with E-state index in [4.69, 9.17) is 14.5 Å². The van der Waals surface area contributed by atoms with Crippen LogP contribution in [0.1, 0.15) is 22.8 Å². The number of nitrogens with one attached hydrogen (secondary N) is 1. The van der Waals surface area contributed by atoms with Crippen LogP contribution in [-0.4, -0.2) is 46.3 Å². The van der Waals surface area contributed by atoms with Crippen molar-refractivity contribution in [3.05, 3.63) is 77.9 Å². The van der Waals surface area contributed by atoms with E-state index in [0.717, 1.165) is 33.9 Å². The largest absolute Gasteiger partial charge is 0.497 e. The highest BCUT2D eigenvalue weighted by Gasteiger charge is 2.23. The Labute approximate surface area is 218 Å². The SMILES string of the molecule is COc1ccc(-c2nnc(S[C@H](C)C(=O)c3ccc4c(c3)CC(=O)N4)nc2-c2ccc(OC)cc2)cc1. The number of thioether (sulfide) groups is 1. The highest BCUT2D eigenvalue weighted by Crippen LogP contribution is 2.33. The van der Waals surface area contributed by atoms with Crippen LogP contribution in [0.3, 0.4) is 0 Å². The van der Waals surface area contributed by atoms with Crippen LogP contribution in [0.5, 0.6) is 11.5 Å². The minimum Gasteiger partial charge on any atom is -0.497 e. The van der Waals surface area contributed by atoms with E-state index < -0.39 is 5.25 Å². The number of ketones is 1. The molecule has 0 saturated heterocycles. The lowest BCUT2D eigenvalue weighted by Gasteiger charge is -2.13. The van der Waals surface area contributed by atoms with Gasteiger partial charge in [-0.25, -0.2) is 4.98 Å². The molecule has 1 atom stereocenters. The maximum atomic E-state index is 13.2. The lowest BCUT2D eigenvalue weighted by molar-refractivity contribution is -0.115. The molecule has 186 valence electrons. The van der Waals surface area contributed by atoms with Crippen molar-refractivity contribution >= 4 is 29.1 Å². The fourth-order valence-corrected chi connectivity index (χ4v) is 4.87. The first-order valence-corrected chi connectivity index (χ1v) is 12.5. The van der Waals surface area contributed by atoms with Gasteiger partial charge in [0.2, 0.25) is 11.1 Å². The quantitative estimate of drug-likeness (QED) is 0.258. The van der Waals surface area contributed by atoms with Gasteiger partial charge >= 0.3 is 0 Å². The van der Waals surface area contributed by atoms with E-state index in [-0.39, 0.29) is 18.1 Å². The Hall–Kier alpha value is -4.24. The molecule has 1 amide bonds. The maximum Gasteiger partial charge on any atom is 0.228 e. The number of aromatic nitrogens is 3. The Balaban J connectivity index is 1.45. The number of fused-ring (bicyclic) bond motifs is 1. The van der Waals surface area contributed by atoms with Gasteiger partial charge in [-0.1, -0.05) is 11.8 Å². The summed E-state index contributed by atoms with van der Waals surface area (Å²) in [6, 6.07) is 20.4. The lowest BCUT2D eigenvalue weighted by Crippen LogP contribution is -2.14. The fraction of sp³-hybridized carbons (Fsp3) is 0.179. The average molecular weight is 513 g/mol. The molecule has 1 aromatic heterocycles. The number of Topliss-reactive ketones (excluding diaryl/α,β-unsaturated/α-hetero) is 1. The van der Waals surface area contributed by atoms with Gasteiger partial charge in [0.1, 0.15) is 22.9 Å². The lowest BCUT2D eigenvalue weighted by atomic mass is 10.0. The van der Waals surface area contributed by atoms with Crippen LogP contribution in [0.15, 0.2) is 71.9 Å². The summed E-state index contributed by atoms with van der Waals surface area (Å²) in [5.41, 5.74) is 5.09. The summed E-state index contributed by atoms with van der Waals surface area (Å²) in [4.78, 5) is 29.7. The second kappa shape index (κ2) is 10.4. The summed E-state index contributed by atoms with van der Waals surface area (Å²) in [5, 5.41) is 11.6. The van der Waals surface area contributed by atoms with Crippen molar-refractivity contribution in [2.45, 2.75) is 23.8 Å². The van der Waals surface area contributed by atoms with Crippen molar-refractivity contribution in [3.8, 4) is 34.0 Å². The number of anilines is 1. The Morgan fingerprint density at radius 3 is 2.14 bits per heavy atom. The van der Waals surface area contributed by atoms with E-state index in [1.807, 2.05) is 55.5 Å². The normalized spacial score (nSPS) is 13.0. The first-order chi connectivity index (χ1) is 17.9. The number of rotatable bonds is 8. The zero-order chi connectivity index (χ0) is 25.9. The van der Waals surface area contributed by atoms with Crippen molar-refractivity contribution in [1.82, 2.24) is 15.2 Å². The van der Waals surface area contributed by atoms with Gasteiger partial charge in [-0.05, 0) is 79.2 Å². The molecule has 3 aromatic carbocycles. The van der Waals surface area contributed by atoms with E-state index in [1.54, 1.807) is 32.4 Å². The summed E-state index contributed by atoms with van der Waals surface area (Å²) >= 11 is 1.25. The van der Waals surface area contributed by atoms with Crippen molar-refractivity contribution in [3.63, 3.8) is 0 Å². The first kappa shape index (κ1) is 24.5. The van der Waals surface area contributed by atoms with Gasteiger partial charge in [0.15, 0.2) is 5.78 Å². The molecular weight excluding hydrogens is 488 g/mol. The third kappa shape index (κ3) is 5.17. The van der Waals surface area contributed by atoms with Crippen LogP contribution < -0.4 is 14.8 Å². The van der Waals surface area contributed by atoms with Gasteiger partial charge in [-0.3, -0.25) is 9.59 Å². The van der Waals surface area contributed by atoms with Gasteiger partial charge in [0.05, 0.1) is 25.9 Å². The first-order valence-electron chi connectivity index (χ1n) is 11.6. The molecular formula is C28H24N4O4S. The summed E-state index contributed by atoms with van der Waals surface area (Å²) in [7, 11) is 3.24. The number of nitrogens with zero attached hydrogens (tertiary/aromatic N) is 3. The predicted octanol–water partition coefficient (Wildman–Crippen LogP) is 5.08. The topological polar surface area (TPSA) is 103 Å². The molecule has 0 spiro atoms. The molecule has 1 aliphatic rings.